The number of aromatic nitrogens is 2. The van der Waals surface area contributed by atoms with Crippen molar-refractivity contribution in [2.45, 2.75) is 19.4 Å². The molecular formula is C21H21ClN4O2. The summed E-state index contributed by atoms with van der Waals surface area (Å²) in [4.78, 5) is 14.6. The fourth-order valence-corrected chi connectivity index (χ4v) is 3.48. The van der Waals surface area contributed by atoms with Crippen molar-refractivity contribution in [2.75, 3.05) is 18.0 Å². The summed E-state index contributed by atoms with van der Waals surface area (Å²) in [5.74, 6) is 1.66. The number of carbonyl (C=O) groups excluding carboxylic acids is 1. The Balaban J connectivity index is 1.28. The first-order chi connectivity index (χ1) is 13.7. The molecule has 1 aliphatic heterocycles. The van der Waals surface area contributed by atoms with Crippen LogP contribution in [0.2, 0.25) is 5.02 Å². The van der Waals surface area contributed by atoms with Gasteiger partial charge in [0.2, 0.25) is 5.91 Å². The molecule has 0 spiro atoms. The van der Waals surface area contributed by atoms with E-state index in [2.05, 4.69) is 20.4 Å². The summed E-state index contributed by atoms with van der Waals surface area (Å²) < 4.78 is 5.34. The fourth-order valence-electron chi connectivity index (χ4n) is 3.36. The molecule has 28 heavy (non-hydrogen) atoms. The van der Waals surface area contributed by atoms with Gasteiger partial charge in [-0.05, 0) is 54.8 Å². The van der Waals surface area contributed by atoms with E-state index >= 15 is 0 Å². The van der Waals surface area contributed by atoms with Gasteiger partial charge >= 0.3 is 0 Å². The van der Waals surface area contributed by atoms with Crippen LogP contribution >= 0.6 is 11.6 Å². The zero-order valence-corrected chi connectivity index (χ0v) is 16.1. The number of nitrogens with one attached hydrogen (secondary N) is 1. The molecule has 4 rings (SSSR count). The number of nitrogens with zero attached hydrogens (tertiary/aromatic N) is 3. The second-order valence-electron chi connectivity index (χ2n) is 6.86. The highest BCUT2D eigenvalue weighted by molar-refractivity contribution is 6.30. The molecule has 1 aliphatic rings. The lowest BCUT2D eigenvalue weighted by atomic mass is 9.96. The van der Waals surface area contributed by atoms with Crippen LogP contribution in [0.15, 0.2) is 59.2 Å². The number of anilines is 1. The van der Waals surface area contributed by atoms with Crippen LogP contribution in [-0.2, 0) is 11.3 Å². The molecule has 0 atom stereocenters. The average molecular weight is 397 g/mol. The molecule has 0 aliphatic carbocycles. The standard InChI is InChI=1S/C21H21ClN4O2/c22-17-5-3-15(4-6-17)14-23-21(27)16-9-11-26(12-10-16)20-8-7-18(24-25-20)19-2-1-13-28-19/h1-8,13,16H,9-12,14H2,(H,23,27). The van der Waals surface area contributed by atoms with Crippen molar-refractivity contribution in [3.05, 3.63) is 65.4 Å². The zero-order valence-electron chi connectivity index (χ0n) is 15.3. The summed E-state index contributed by atoms with van der Waals surface area (Å²) in [6, 6.07) is 15.1. The maximum atomic E-state index is 12.5. The molecule has 1 fully saturated rings. The van der Waals surface area contributed by atoms with E-state index in [-0.39, 0.29) is 11.8 Å². The third-order valence-electron chi connectivity index (χ3n) is 4.99. The van der Waals surface area contributed by atoms with E-state index in [1.165, 1.54) is 0 Å². The number of carbonyl (C=O) groups is 1. The Kier molecular flexibility index (Phi) is 5.58. The van der Waals surface area contributed by atoms with Gasteiger partial charge in [-0.25, -0.2) is 0 Å². The summed E-state index contributed by atoms with van der Waals surface area (Å²) in [6.45, 7) is 2.09. The van der Waals surface area contributed by atoms with Gasteiger partial charge in [-0.2, -0.15) is 0 Å². The smallest absolute Gasteiger partial charge is 0.223 e. The zero-order chi connectivity index (χ0) is 19.3. The van der Waals surface area contributed by atoms with Gasteiger partial charge in [-0.3, -0.25) is 4.79 Å². The SMILES string of the molecule is O=C(NCc1ccc(Cl)cc1)C1CCN(c2ccc(-c3ccco3)nn2)CC1. The second kappa shape index (κ2) is 8.44. The van der Waals surface area contributed by atoms with Gasteiger partial charge in [0.15, 0.2) is 11.6 Å². The summed E-state index contributed by atoms with van der Waals surface area (Å²) in [6.07, 6.45) is 3.22. The second-order valence-corrected chi connectivity index (χ2v) is 7.30. The monoisotopic (exact) mass is 396 g/mol. The summed E-state index contributed by atoms with van der Waals surface area (Å²) >= 11 is 5.89. The minimum Gasteiger partial charge on any atom is -0.463 e. The molecule has 0 bridgehead atoms. The van der Waals surface area contributed by atoms with E-state index in [0.29, 0.717) is 23.0 Å². The van der Waals surface area contributed by atoms with Gasteiger partial charge in [0.05, 0.1) is 6.26 Å². The number of benzene rings is 1. The number of amides is 1. The van der Waals surface area contributed by atoms with Gasteiger partial charge in [-0.1, -0.05) is 23.7 Å². The molecule has 0 unspecified atom stereocenters. The molecule has 144 valence electrons. The van der Waals surface area contributed by atoms with Crippen LogP contribution in [0.5, 0.6) is 0 Å². The lowest BCUT2D eigenvalue weighted by Crippen LogP contribution is -2.40. The minimum absolute atomic E-state index is 0.0268. The third kappa shape index (κ3) is 4.34. The lowest BCUT2D eigenvalue weighted by Gasteiger charge is -2.31. The predicted molar refractivity (Wildman–Crippen MR) is 108 cm³/mol. The van der Waals surface area contributed by atoms with Crippen molar-refractivity contribution in [2.24, 2.45) is 5.92 Å². The molecule has 0 radical (unpaired) electrons. The van der Waals surface area contributed by atoms with E-state index in [9.17, 15) is 4.79 Å². The Morgan fingerprint density at radius 1 is 1.11 bits per heavy atom. The molecular weight excluding hydrogens is 376 g/mol. The first-order valence-corrected chi connectivity index (χ1v) is 9.71. The van der Waals surface area contributed by atoms with Crippen LogP contribution in [0.25, 0.3) is 11.5 Å². The van der Waals surface area contributed by atoms with Crippen LogP contribution in [0, 0.1) is 5.92 Å². The maximum absolute atomic E-state index is 12.5. The Morgan fingerprint density at radius 2 is 1.89 bits per heavy atom. The fraction of sp³-hybridized carbons (Fsp3) is 0.286. The topological polar surface area (TPSA) is 71.3 Å². The molecule has 1 aromatic carbocycles. The molecule has 3 heterocycles. The predicted octanol–water partition coefficient (Wildman–Crippen LogP) is 3.92. The van der Waals surface area contributed by atoms with Crippen molar-refractivity contribution >= 4 is 23.3 Å². The molecule has 3 aromatic rings. The van der Waals surface area contributed by atoms with Gasteiger partial charge in [-0.15, -0.1) is 10.2 Å². The molecule has 6 nitrogen and oxygen atoms in total. The average Bonchev–Trinajstić information content (AvgIpc) is 3.28. The number of hydrogen-bond donors (Lipinski definition) is 1. The normalized spacial score (nSPS) is 14.8. The number of hydrogen-bond acceptors (Lipinski definition) is 5. The van der Waals surface area contributed by atoms with Crippen molar-refractivity contribution in [1.29, 1.82) is 0 Å². The maximum Gasteiger partial charge on any atom is 0.223 e. The lowest BCUT2D eigenvalue weighted by molar-refractivity contribution is -0.125. The Hall–Kier alpha value is -2.86. The van der Waals surface area contributed by atoms with Gasteiger partial charge in [0.1, 0.15) is 5.69 Å². The van der Waals surface area contributed by atoms with Crippen LogP contribution in [0.3, 0.4) is 0 Å². The highest BCUT2D eigenvalue weighted by Gasteiger charge is 2.25. The molecule has 1 amide bonds. The number of furan rings is 1. The first-order valence-electron chi connectivity index (χ1n) is 9.34. The minimum atomic E-state index is 0.0268. The van der Waals surface area contributed by atoms with E-state index in [4.69, 9.17) is 16.0 Å². The molecule has 1 saturated heterocycles. The van der Waals surface area contributed by atoms with E-state index in [1.807, 2.05) is 48.5 Å². The van der Waals surface area contributed by atoms with Gasteiger partial charge in [0.25, 0.3) is 0 Å². The van der Waals surface area contributed by atoms with E-state index in [1.54, 1.807) is 6.26 Å². The number of rotatable bonds is 5. The van der Waals surface area contributed by atoms with Crippen molar-refractivity contribution in [3.63, 3.8) is 0 Å². The molecule has 1 N–H and O–H groups in total. The Morgan fingerprint density at radius 3 is 2.54 bits per heavy atom. The highest BCUT2D eigenvalue weighted by atomic mass is 35.5. The summed E-state index contributed by atoms with van der Waals surface area (Å²) in [7, 11) is 0. The third-order valence-corrected chi connectivity index (χ3v) is 5.25. The Bertz CT molecular complexity index is 903. The Labute approximate surface area is 168 Å². The van der Waals surface area contributed by atoms with Crippen molar-refractivity contribution in [1.82, 2.24) is 15.5 Å². The van der Waals surface area contributed by atoms with E-state index < -0.39 is 0 Å². The molecule has 0 saturated carbocycles. The van der Waals surface area contributed by atoms with Gasteiger partial charge < -0.3 is 14.6 Å². The number of piperidine rings is 1. The highest BCUT2D eigenvalue weighted by Crippen LogP contribution is 2.23. The summed E-state index contributed by atoms with van der Waals surface area (Å²) in [5.41, 5.74) is 1.76. The van der Waals surface area contributed by atoms with E-state index in [0.717, 1.165) is 37.3 Å². The molecule has 7 heteroatoms. The van der Waals surface area contributed by atoms with Crippen molar-refractivity contribution in [3.8, 4) is 11.5 Å². The van der Waals surface area contributed by atoms with Crippen LogP contribution in [0.1, 0.15) is 18.4 Å². The number of halogens is 1. The quantitative estimate of drug-likeness (QED) is 0.707. The van der Waals surface area contributed by atoms with Crippen LogP contribution < -0.4 is 10.2 Å². The first kappa shape index (κ1) is 18.5. The van der Waals surface area contributed by atoms with Crippen LogP contribution in [0.4, 0.5) is 5.82 Å². The van der Waals surface area contributed by atoms with Gasteiger partial charge in [0, 0.05) is 30.6 Å². The largest absolute Gasteiger partial charge is 0.463 e. The van der Waals surface area contributed by atoms with Crippen LogP contribution in [-0.4, -0.2) is 29.2 Å². The molecule has 2 aromatic heterocycles. The van der Waals surface area contributed by atoms with Crippen molar-refractivity contribution < 1.29 is 9.21 Å². The summed E-state index contributed by atoms with van der Waals surface area (Å²) in [5, 5.41) is 12.3.